The van der Waals surface area contributed by atoms with Gasteiger partial charge in [-0.15, -0.1) is 11.3 Å². The molecule has 128 valence electrons. The third-order valence-corrected chi connectivity index (χ3v) is 5.50. The van der Waals surface area contributed by atoms with Crippen LogP contribution in [0.3, 0.4) is 0 Å². The summed E-state index contributed by atoms with van der Waals surface area (Å²) < 4.78 is 6.59. The quantitative estimate of drug-likeness (QED) is 0.375. The summed E-state index contributed by atoms with van der Waals surface area (Å²) in [5.41, 5.74) is 2.82. The molecule has 4 heteroatoms. The van der Waals surface area contributed by atoms with Crippen LogP contribution in [-0.4, -0.2) is 5.97 Å². The summed E-state index contributed by atoms with van der Waals surface area (Å²) in [5, 5.41) is 1.62. The highest BCUT2D eigenvalue weighted by Crippen LogP contribution is 2.40. The van der Waals surface area contributed by atoms with E-state index in [2.05, 4.69) is 0 Å². The van der Waals surface area contributed by atoms with Gasteiger partial charge in [0.05, 0.1) is 0 Å². The van der Waals surface area contributed by atoms with Crippen molar-refractivity contribution in [3.8, 4) is 11.1 Å². The van der Waals surface area contributed by atoms with Crippen LogP contribution in [0.1, 0.15) is 15.2 Å². The fourth-order valence-corrected chi connectivity index (χ4v) is 4.16. The van der Waals surface area contributed by atoms with E-state index in [-0.39, 0.29) is 12.6 Å². The maximum Gasteiger partial charge on any atom is 0.349 e. The van der Waals surface area contributed by atoms with Crippen molar-refractivity contribution in [1.82, 2.24) is 0 Å². The van der Waals surface area contributed by atoms with E-state index in [0.717, 1.165) is 26.8 Å². The zero-order chi connectivity index (χ0) is 17.9. The van der Waals surface area contributed by atoms with Crippen molar-refractivity contribution >= 4 is 39.0 Å². The van der Waals surface area contributed by atoms with Crippen molar-refractivity contribution in [2.75, 3.05) is 0 Å². The molecule has 0 fully saturated rings. The van der Waals surface area contributed by atoms with Crippen LogP contribution in [0.2, 0.25) is 5.02 Å². The smallest absolute Gasteiger partial charge is 0.349 e. The largest absolute Gasteiger partial charge is 0.457 e. The van der Waals surface area contributed by atoms with Gasteiger partial charge in [0, 0.05) is 20.7 Å². The Balaban J connectivity index is 1.75. The molecule has 0 aliphatic heterocycles. The van der Waals surface area contributed by atoms with Crippen molar-refractivity contribution in [2.45, 2.75) is 6.61 Å². The number of fused-ring (bicyclic) bond motifs is 1. The number of ether oxygens (including phenoxy) is 1. The van der Waals surface area contributed by atoms with Gasteiger partial charge < -0.3 is 4.74 Å². The van der Waals surface area contributed by atoms with Crippen molar-refractivity contribution in [1.29, 1.82) is 0 Å². The molecule has 1 heterocycles. The Labute approximate surface area is 160 Å². The van der Waals surface area contributed by atoms with Crippen molar-refractivity contribution < 1.29 is 9.53 Å². The van der Waals surface area contributed by atoms with E-state index in [1.54, 1.807) is 0 Å². The van der Waals surface area contributed by atoms with Crippen LogP contribution in [0.5, 0.6) is 0 Å². The highest BCUT2D eigenvalue weighted by Gasteiger charge is 2.21. The summed E-state index contributed by atoms with van der Waals surface area (Å²) in [6.45, 7) is 0.253. The number of hydrogen-bond acceptors (Lipinski definition) is 3. The normalized spacial score (nSPS) is 10.8. The van der Waals surface area contributed by atoms with Crippen LogP contribution in [0.25, 0.3) is 21.2 Å². The molecule has 0 atom stereocenters. The maximum atomic E-state index is 12.8. The van der Waals surface area contributed by atoms with Gasteiger partial charge in [-0.05, 0) is 29.3 Å². The van der Waals surface area contributed by atoms with Crippen molar-refractivity contribution in [3.63, 3.8) is 0 Å². The van der Waals surface area contributed by atoms with Gasteiger partial charge >= 0.3 is 5.97 Å². The van der Waals surface area contributed by atoms with Gasteiger partial charge in [0.2, 0.25) is 0 Å². The van der Waals surface area contributed by atoms with Crippen LogP contribution in [0, 0.1) is 0 Å². The van der Waals surface area contributed by atoms with Crippen LogP contribution < -0.4 is 0 Å². The fraction of sp³-hybridized carbons (Fsp3) is 0.0455. The predicted molar refractivity (Wildman–Crippen MR) is 108 cm³/mol. The summed E-state index contributed by atoms with van der Waals surface area (Å²) in [6, 6.07) is 25.2. The second-order valence-corrected chi connectivity index (χ2v) is 7.36. The molecule has 0 N–H and O–H groups in total. The molecule has 2 nitrogen and oxygen atoms in total. The molecular weight excluding hydrogens is 364 g/mol. The molecule has 3 aromatic carbocycles. The molecule has 0 aliphatic carbocycles. The third kappa shape index (κ3) is 3.36. The summed E-state index contributed by atoms with van der Waals surface area (Å²) in [4.78, 5) is 13.4. The lowest BCUT2D eigenvalue weighted by molar-refractivity contribution is 0.0479. The highest BCUT2D eigenvalue weighted by molar-refractivity contribution is 7.21. The first kappa shape index (κ1) is 16.8. The van der Waals surface area contributed by atoms with Gasteiger partial charge in [-0.25, -0.2) is 4.79 Å². The predicted octanol–water partition coefficient (Wildman–Crippen LogP) is 6.58. The van der Waals surface area contributed by atoms with E-state index in [9.17, 15) is 4.79 Å². The average molecular weight is 379 g/mol. The Kier molecular flexibility index (Phi) is 4.74. The zero-order valence-electron chi connectivity index (χ0n) is 13.8. The molecule has 0 saturated carbocycles. The second-order valence-electron chi connectivity index (χ2n) is 5.87. The SMILES string of the molecule is O=C(OCc1ccccc1)c1sc2ccc(Cl)cc2c1-c1ccccc1. The monoisotopic (exact) mass is 378 g/mol. The molecule has 4 aromatic rings. The first-order valence-electron chi connectivity index (χ1n) is 8.21. The van der Waals surface area contributed by atoms with Crippen LogP contribution >= 0.6 is 22.9 Å². The minimum Gasteiger partial charge on any atom is -0.457 e. The van der Waals surface area contributed by atoms with Crippen LogP contribution in [0.15, 0.2) is 78.9 Å². The first-order valence-corrected chi connectivity index (χ1v) is 9.40. The van der Waals surface area contributed by atoms with E-state index < -0.39 is 0 Å². The average Bonchev–Trinajstić information content (AvgIpc) is 3.06. The molecule has 26 heavy (non-hydrogen) atoms. The summed E-state index contributed by atoms with van der Waals surface area (Å²) in [6.07, 6.45) is 0. The molecule has 4 rings (SSSR count). The molecule has 1 aromatic heterocycles. The Hall–Kier alpha value is -2.62. The zero-order valence-corrected chi connectivity index (χ0v) is 15.4. The molecule has 0 radical (unpaired) electrons. The van der Waals surface area contributed by atoms with Crippen molar-refractivity contribution in [2.24, 2.45) is 0 Å². The maximum absolute atomic E-state index is 12.8. The van der Waals surface area contributed by atoms with Gasteiger partial charge in [-0.3, -0.25) is 0 Å². The Morgan fingerprint density at radius 1 is 0.923 bits per heavy atom. The Bertz CT molecular complexity index is 1060. The summed E-state index contributed by atoms with van der Waals surface area (Å²) in [5.74, 6) is -0.315. The Morgan fingerprint density at radius 3 is 2.35 bits per heavy atom. The van der Waals surface area contributed by atoms with Gasteiger partial charge in [-0.1, -0.05) is 72.3 Å². The topological polar surface area (TPSA) is 26.3 Å². The molecule has 0 amide bonds. The van der Waals surface area contributed by atoms with E-state index in [4.69, 9.17) is 16.3 Å². The van der Waals surface area contributed by atoms with E-state index in [1.807, 2.05) is 78.9 Å². The highest BCUT2D eigenvalue weighted by atomic mass is 35.5. The number of carbonyl (C=O) groups excluding carboxylic acids is 1. The molecule has 0 unspecified atom stereocenters. The van der Waals surface area contributed by atoms with Crippen molar-refractivity contribution in [3.05, 3.63) is 94.3 Å². The van der Waals surface area contributed by atoms with Crippen LogP contribution in [0.4, 0.5) is 0 Å². The number of benzene rings is 3. The number of thiophene rings is 1. The third-order valence-electron chi connectivity index (χ3n) is 4.11. The number of rotatable bonds is 4. The van der Waals surface area contributed by atoms with E-state index in [1.165, 1.54) is 11.3 Å². The number of esters is 1. The lowest BCUT2D eigenvalue weighted by Gasteiger charge is -2.07. The lowest BCUT2D eigenvalue weighted by Crippen LogP contribution is -2.04. The van der Waals surface area contributed by atoms with Gasteiger partial charge in [0.15, 0.2) is 0 Å². The van der Waals surface area contributed by atoms with Gasteiger partial charge in [0.1, 0.15) is 11.5 Å². The summed E-state index contributed by atoms with van der Waals surface area (Å²) in [7, 11) is 0. The number of hydrogen-bond donors (Lipinski definition) is 0. The molecule has 0 bridgehead atoms. The molecule has 0 saturated heterocycles. The first-order chi connectivity index (χ1) is 12.7. The number of halogens is 1. The Morgan fingerprint density at radius 2 is 1.62 bits per heavy atom. The lowest BCUT2D eigenvalue weighted by atomic mass is 10.0. The van der Waals surface area contributed by atoms with E-state index >= 15 is 0 Å². The molecule has 0 spiro atoms. The second kappa shape index (κ2) is 7.32. The van der Waals surface area contributed by atoms with Gasteiger partial charge in [0.25, 0.3) is 0 Å². The number of carbonyl (C=O) groups is 1. The summed E-state index contributed by atoms with van der Waals surface area (Å²) >= 11 is 7.63. The fourth-order valence-electron chi connectivity index (χ4n) is 2.89. The van der Waals surface area contributed by atoms with Crippen LogP contribution in [-0.2, 0) is 11.3 Å². The molecule has 0 aliphatic rings. The standard InChI is InChI=1S/C22H15ClO2S/c23-17-11-12-19-18(13-17)20(16-9-5-2-6-10-16)21(26-19)22(24)25-14-15-7-3-1-4-8-15/h1-13H,14H2. The molecular formula is C22H15ClO2S. The minimum atomic E-state index is -0.315. The van der Waals surface area contributed by atoms with Gasteiger partial charge in [-0.2, -0.15) is 0 Å². The minimum absolute atomic E-state index is 0.253. The van der Waals surface area contributed by atoms with E-state index in [0.29, 0.717) is 9.90 Å².